The lowest BCUT2D eigenvalue weighted by Crippen LogP contribution is -2.57. The van der Waals surface area contributed by atoms with Crippen molar-refractivity contribution in [1.29, 1.82) is 0 Å². The summed E-state index contributed by atoms with van der Waals surface area (Å²) in [5, 5.41) is 48.6. The predicted molar refractivity (Wildman–Crippen MR) is 160 cm³/mol. The van der Waals surface area contributed by atoms with Gasteiger partial charge in [-0.25, -0.2) is 9.59 Å². The van der Waals surface area contributed by atoms with Crippen LogP contribution < -0.4 is 10.6 Å². The van der Waals surface area contributed by atoms with Crippen molar-refractivity contribution < 1.29 is 56.4 Å². The Labute approximate surface area is 273 Å². The van der Waals surface area contributed by atoms with Gasteiger partial charge in [-0.1, -0.05) is 37.1 Å². The number of nitrogens with one attached hydrogen (secondary N) is 2. The fraction of sp³-hybridized carbons (Fsp3) is 0.562. The lowest BCUT2D eigenvalue weighted by Gasteiger charge is -2.42. The van der Waals surface area contributed by atoms with Gasteiger partial charge in [-0.15, -0.1) is 0 Å². The number of alkyl halides is 6. The third-order valence-corrected chi connectivity index (χ3v) is 9.02. The summed E-state index contributed by atoms with van der Waals surface area (Å²) in [6.07, 6.45) is -9.88. The highest BCUT2D eigenvalue weighted by Crippen LogP contribution is 2.38. The van der Waals surface area contributed by atoms with Gasteiger partial charge in [-0.2, -0.15) is 26.3 Å². The molecule has 4 amide bonds. The molecule has 6 N–H and O–H groups in total. The summed E-state index contributed by atoms with van der Waals surface area (Å²) in [5.41, 5.74) is -5.90. The first kappa shape index (κ1) is 37.2. The van der Waals surface area contributed by atoms with Gasteiger partial charge in [-0.05, 0) is 48.2 Å². The maximum absolute atomic E-state index is 13.1. The minimum atomic E-state index is -4.61. The number of carbonyl (C=O) groups excluding carboxylic acids is 2. The molecule has 0 spiro atoms. The number of halogens is 6. The number of amides is 4. The van der Waals surface area contributed by atoms with E-state index in [1.165, 1.54) is 21.9 Å². The van der Waals surface area contributed by atoms with Gasteiger partial charge in [0.25, 0.3) is 0 Å². The topological polar surface area (TPSA) is 146 Å². The van der Waals surface area contributed by atoms with E-state index in [9.17, 15) is 56.4 Å². The Hall–Kier alpha value is -3.60. The Morgan fingerprint density at radius 3 is 1.40 bits per heavy atom. The lowest BCUT2D eigenvalue weighted by atomic mass is 9.81. The second-order valence-corrected chi connectivity index (χ2v) is 12.3. The predicted octanol–water partition coefficient (Wildman–Crippen LogP) is 3.91. The molecular formula is C32H40F6N4O6. The fourth-order valence-electron chi connectivity index (χ4n) is 6.04. The van der Waals surface area contributed by atoms with Crippen LogP contribution in [-0.2, 0) is 23.6 Å². The van der Waals surface area contributed by atoms with Crippen LogP contribution in [0.15, 0.2) is 48.5 Å². The largest absolute Gasteiger partial charge is 0.416 e. The van der Waals surface area contributed by atoms with Crippen molar-refractivity contribution in [3.63, 3.8) is 0 Å². The molecule has 2 heterocycles. The molecule has 2 aromatic carbocycles. The Morgan fingerprint density at radius 2 is 1.06 bits per heavy atom. The number of piperidine rings is 2. The summed E-state index contributed by atoms with van der Waals surface area (Å²) in [5.74, 6) is 0. The smallest absolute Gasteiger partial charge is 0.388 e. The number of likely N-dealkylation sites (tertiary alicyclic amines) is 2. The highest BCUT2D eigenvalue weighted by Gasteiger charge is 2.45. The quantitative estimate of drug-likeness (QED) is 0.174. The van der Waals surface area contributed by atoms with Gasteiger partial charge < -0.3 is 40.9 Å². The number of hydrogen-bond acceptors (Lipinski definition) is 6. The molecule has 0 aliphatic carbocycles. The molecule has 0 radical (unpaired) electrons. The van der Waals surface area contributed by atoms with Crippen molar-refractivity contribution in [1.82, 2.24) is 20.4 Å². The Balaban J connectivity index is 1.11. The molecule has 0 aromatic heterocycles. The summed E-state index contributed by atoms with van der Waals surface area (Å²) in [6, 6.07) is 7.33. The van der Waals surface area contributed by atoms with Crippen LogP contribution in [0.25, 0.3) is 0 Å². The standard InChI is InChI=1S/C32H40F6N4O6/c33-31(34,35)23-9-5-7-21(17-23)29(47)11-15-41(19-25(29)43)27(45)39-13-3-1-2-4-14-40-28(46)42-16-12-30(48,26(44)20-42)22-8-6-10-24(18-22)32(36,37)38/h5-10,17-18,25-26,43-44,47-48H,1-4,11-16,19-20H2,(H,39,45)(H,40,46). The van der Waals surface area contributed by atoms with Crippen LogP contribution in [0.1, 0.15) is 60.8 Å². The van der Waals surface area contributed by atoms with Crippen molar-refractivity contribution in [3.05, 3.63) is 70.8 Å². The summed E-state index contributed by atoms with van der Waals surface area (Å²) in [4.78, 5) is 27.7. The number of hydrogen-bond donors (Lipinski definition) is 6. The Morgan fingerprint density at radius 1 is 0.688 bits per heavy atom. The van der Waals surface area contributed by atoms with E-state index in [0.29, 0.717) is 38.8 Å². The second-order valence-electron chi connectivity index (χ2n) is 12.3. The van der Waals surface area contributed by atoms with Crippen molar-refractivity contribution in [2.75, 3.05) is 39.3 Å². The molecule has 10 nitrogen and oxygen atoms in total. The van der Waals surface area contributed by atoms with Gasteiger partial charge in [0.05, 0.1) is 24.2 Å². The average Bonchev–Trinajstić information content (AvgIpc) is 3.04. The van der Waals surface area contributed by atoms with Crippen LogP contribution in [-0.4, -0.2) is 93.8 Å². The third-order valence-electron chi connectivity index (χ3n) is 9.02. The average molecular weight is 691 g/mol. The van der Waals surface area contributed by atoms with E-state index in [0.717, 1.165) is 36.4 Å². The number of nitrogens with zero attached hydrogens (tertiary/aromatic N) is 2. The summed E-state index contributed by atoms with van der Waals surface area (Å²) in [6.45, 7) is 0.141. The first-order valence-corrected chi connectivity index (χ1v) is 15.7. The van der Waals surface area contributed by atoms with Gasteiger partial charge in [0.15, 0.2) is 0 Å². The molecule has 4 atom stereocenters. The zero-order chi connectivity index (χ0) is 35.3. The highest BCUT2D eigenvalue weighted by molar-refractivity contribution is 5.74. The second kappa shape index (κ2) is 14.9. The van der Waals surface area contributed by atoms with Crippen molar-refractivity contribution >= 4 is 12.1 Å². The molecule has 48 heavy (non-hydrogen) atoms. The van der Waals surface area contributed by atoms with Crippen molar-refractivity contribution in [2.45, 2.75) is 74.3 Å². The van der Waals surface area contributed by atoms with Crippen molar-refractivity contribution in [2.24, 2.45) is 0 Å². The van der Waals surface area contributed by atoms with E-state index in [1.807, 2.05) is 0 Å². The van der Waals surface area contributed by atoms with Crippen molar-refractivity contribution in [3.8, 4) is 0 Å². The number of benzene rings is 2. The van der Waals surface area contributed by atoms with Gasteiger partial charge in [0.1, 0.15) is 23.4 Å². The molecule has 2 aliphatic rings. The van der Waals surface area contributed by atoms with Crippen LogP contribution in [0.2, 0.25) is 0 Å². The molecule has 16 heteroatoms. The minimum absolute atomic E-state index is 0.0217. The van der Waals surface area contributed by atoms with Crippen LogP contribution >= 0.6 is 0 Å². The third kappa shape index (κ3) is 8.70. The molecule has 2 aliphatic heterocycles. The Kier molecular flexibility index (Phi) is 11.5. The fourth-order valence-corrected chi connectivity index (χ4v) is 6.04. The molecular weight excluding hydrogens is 650 g/mol. The number of rotatable bonds is 9. The van der Waals surface area contributed by atoms with Gasteiger partial charge >= 0.3 is 24.4 Å². The van der Waals surface area contributed by atoms with Crippen LogP contribution in [0, 0.1) is 0 Å². The van der Waals surface area contributed by atoms with E-state index >= 15 is 0 Å². The van der Waals surface area contributed by atoms with E-state index in [4.69, 9.17) is 0 Å². The van der Waals surface area contributed by atoms with Crippen LogP contribution in [0.5, 0.6) is 0 Å². The first-order chi connectivity index (χ1) is 22.4. The first-order valence-electron chi connectivity index (χ1n) is 15.7. The van der Waals surface area contributed by atoms with E-state index in [-0.39, 0.29) is 50.1 Å². The molecule has 266 valence electrons. The molecule has 0 bridgehead atoms. The molecule has 2 fully saturated rings. The van der Waals surface area contributed by atoms with Gasteiger partial charge in [-0.3, -0.25) is 0 Å². The molecule has 2 aromatic rings. The summed E-state index contributed by atoms with van der Waals surface area (Å²) >= 11 is 0. The molecule has 0 saturated carbocycles. The normalized spacial score (nSPS) is 25.1. The summed E-state index contributed by atoms with van der Waals surface area (Å²) < 4.78 is 78.7. The molecule has 4 rings (SSSR count). The van der Waals surface area contributed by atoms with E-state index in [2.05, 4.69) is 10.6 Å². The monoisotopic (exact) mass is 690 g/mol. The zero-order valence-corrected chi connectivity index (χ0v) is 26.0. The maximum atomic E-state index is 13.1. The molecule has 4 unspecified atom stereocenters. The van der Waals surface area contributed by atoms with Crippen LogP contribution in [0.3, 0.4) is 0 Å². The number of aliphatic hydroxyl groups is 4. The number of β-amino-alcohol motifs (C(OH)–C–C–N with tert-alkyl or cyclic N) is 2. The van der Waals surface area contributed by atoms with Gasteiger partial charge in [0.2, 0.25) is 0 Å². The van der Waals surface area contributed by atoms with Gasteiger partial charge in [0, 0.05) is 39.0 Å². The van der Waals surface area contributed by atoms with E-state index in [1.54, 1.807) is 0 Å². The lowest BCUT2D eigenvalue weighted by molar-refractivity contribution is -0.139. The summed E-state index contributed by atoms with van der Waals surface area (Å²) in [7, 11) is 0. The highest BCUT2D eigenvalue weighted by atomic mass is 19.4. The van der Waals surface area contributed by atoms with Crippen LogP contribution in [0.4, 0.5) is 35.9 Å². The van der Waals surface area contributed by atoms with E-state index < -0.39 is 59.0 Å². The number of urea groups is 2. The minimum Gasteiger partial charge on any atom is -0.388 e. The number of aliphatic hydroxyl groups excluding tert-OH is 2. The zero-order valence-electron chi connectivity index (χ0n) is 26.0. The number of unbranched alkanes of at least 4 members (excludes halogenated alkanes) is 3. The number of carbonyl (C=O) groups is 2. The Bertz CT molecular complexity index is 1320. The molecule has 2 saturated heterocycles. The SMILES string of the molecule is O=C(NCCCCCCNC(=O)N1CCC(O)(c2cccc(C(F)(F)F)c2)C(O)C1)N1CCC(O)(c2cccc(C(F)(F)F)c2)C(O)C1. The maximum Gasteiger partial charge on any atom is 0.416 e.